The predicted octanol–water partition coefficient (Wildman–Crippen LogP) is 1.31. The van der Waals surface area contributed by atoms with Crippen LogP contribution in [0.15, 0.2) is 29.0 Å². The van der Waals surface area contributed by atoms with E-state index in [0.29, 0.717) is 18.0 Å². The molecule has 3 aromatic heterocycles. The van der Waals surface area contributed by atoms with Gasteiger partial charge in [0.2, 0.25) is 0 Å². The molecule has 1 aliphatic carbocycles. The molecule has 0 aromatic carbocycles. The van der Waals surface area contributed by atoms with Gasteiger partial charge in [0.15, 0.2) is 11.5 Å². The van der Waals surface area contributed by atoms with E-state index in [9.17, 15) is 0 Å². The van der Waals surface area contributed by atoms with E-state index in [0.717, 1.165) is 30.4 Å². The van der Waals surface area contributed by atoms with E-state index in [1.165, 1.54) is 12.8 Å². The van der Waals surface area contributed by atoms with Crippen molar-refractivity contribution in [2.24, 2.45) is 0 Å². The lowest BCUT2D eigenvalue weighted by Crippen LogP contribution is -2.59. The fourth-order valence-electron chi connectivity index (χ4n) is 2.99. The SMILES string of the molecule is CN(c1ncco1)C1CN(c2ccc3nnc(C4CC4)n3n2)C1. The molecule has 2 aliphatic rings. The van der Waals surface area contributed by atoms with Gasteiger partial charge in [0.25, 0.3) is 6.01 Å². The Morgan fingerprint density at radius 1 is 1.22 bits per heavy atom. The summed E-state index contributed by atoms with van der Waals surface area (Å²) >= 11 is 0. The number of anilines is 2. The van der Waals surface area contributed by atoms with E-state index in [1.54, 1.807) is 12.5 Å². The summed E-state index contributed by atoms with van der Waals surface area (Å²) in [5.41, 5.74) is 0.824. The van der Waals surface area contributed by atoms with Gasteiger partial charge in [-0.25, -0.2) is 4.98 Å². The van der Waals surface area contributed by atoms with Crippen LogP contribution < -0.4 is 9.80 Å². The Morgan fingerprint density at radius 2 is 2.09 bits per heavy atom. The van der Waals surface area contributed by atoms with Crippen LogP contribution in [0.3, 0.4) is 0 Å². The van der Waals surface area contributed by atoms with Crippen LogP contribution >= 0.6 is 0 Å². The highest BCUT2D eigenvalue weighted by atomic mass is 16.4. The lowest BCUT2D eigenvalue weighted by molar-refractivity contribution is 0.448. The van der Waals surface area contributed by atoms with E-state index in [4.69, 9.17) is 9.52 Å². The Labute approximate surface area is 132 Å². The third-order valence-electron chi connectivity index (χ3n) is 4.67. The number of oxazole rings is 1. The summed E-state index contributed by atoms with van der Waals surface area (Å²) in [6, 6.07) is 5.05. The summed E-state index contributed by atoms with van der Waals surface area (Å²) in [6.45, 7) is 1.80. The maximum absolute atomic E-state index is 5.35. The molecular formula is C15H17N7O. The number of hydrogen-bond donors (Lipinski definition) is 0. The summed E-state index contributed by atoms with van der Waals surface area (Å²) < 4.78 is 7.25. The van der Waals surface area contributed by atoms with Crippen LogP contribution in [0.25, 0.3) is 5.65 Å². The van der Waals surface area contributed by atoms with Gasteiger partial charge >= 0.3 is 0 Å². The molecule has 4 heterocycles. The molecule has 0 unspecified atom stereocenters. The predicted molar refractivity (Wildman–Crippen MR) is 83.7 cm³/mol. The molecule has 118 valence electrons. The second-order valence-electron chi connectivity index (χ2n) is 6.28. The molecule has 5 rings (SSSR count). The number of hydrogen-bond acceptors (Lipinski definition) is 7. The zero-order chi connectivity index (χ0) is 15.4. The Bertz CT molecular complexity index is 833. The summed E-state index contributed by atoms with van der Waals surface area (Å²) in [7, 11) is 2.01. The molecular weight excluding hydrogens is 294 g/mol. The fraction of sp³-hybridized carbons (Fsp3) is 0.467. The minimum atomic E-state index is 0.384. The van der Waals surface area contributed by atoms with Gasteiger partial charge in [-0.05, 0) is 25.0 Å². The first kappa shape index (κ1) is 12.9. The van der Waals surface area contributed by atoms with Gasteiger partial charge in [0, 0.05) is 26.1 Å². The quantitative estimate of drug-likeness (QED) is 0.719. The number of fused-ring (bicyclic) bond motifs is 1. The van der Waals surface area contributed by atoms with Crippen molar-refractivity contribution in [3.8, 4) is 0 Å². The first-order valence-electron chi connectivity index (χ1n) is 7.89. The van der Waals surface area contributed by atoms with Crippen LogP contribution in [-0.4, -0.2) is 51.0 Å². The lowest BCUT2D eigenvalue weighted by atomic mass is 10.1. The highest BCUT2D eigenvalue weighted by Gasteiger charge is 2.34. The van der Waals surface area contributed by atoms with Gasteiger partial charge in [0.1, 0.15) is 12.1 Å². The van der Waals surface area contributed by atoms with Crippen LogP contribution in [0.2, 0.25) is 0 Å². The minimum absolute atomic E-state index is 0.384. The van der Waals surface area contributed by atoms with Crippen molar-refractivity contribution >= 4 is 17.5 Å². The van der Waals surface area contributed by atoms with E-state index >= 15 is 0 Å². The van der Waals surface area contributed by atoms with Crippen LogP contribution in [0, 0.1) is 0 Å². The lowest BCUT2D eigenvalue weighted by Gasteiger charge is -2.43. The van der Waals surface area contributed by atoms with Crippen molar-refractivity contribution in [2.75, 3.05) is 29.9 Å². The van der Waals surface area contributed by atoms with Crippen molar-refractivity contribution in [3.05, 3.63) is 30.4 Å². The molecule has 1 saturated heterocycles. The van der Waals surface area contributed by atoms with Crippen LogP contribution in [0.5, 0.6) is 0 Å². The number of likely N-dealkylation sites (N-methyl/N-ethyl adjacent to an activating group) is 1. The van der Waals surface area contributed by atoms with Crippen molar-refractivity contribution in [1.29, 1.82) is 0 Å². The third kappa shape index (κ3) is 2.05. The van der Waals surface area contributed by atoms with Crippen molar-refractivity contribution in [3.63, 3.8) is 0 Å². The largest absolute Gasteiger partial charge is 0.432 e. The Hall–Kier alpha value is -2.64. The summed E-state index contributed by atoms with van der Waals surface area (Å²) in [5, 5.41) is 13.2. The molecule has 1 aliphatic heterocycles. The van der Waals surface area contributed by atoms with E-state index < -0.39 is 0 Å². The van der Waals surface area contributed by atoms with Gasteiger partial charge in [0.05, 0.1) is 12.2 Å². The van der Waals surface area contributed by atoms with Crippen molar-refractivity contribution < 1.29 is 4.42 Å². The second kappa shape index (κ2) is 4.68. The summed E-state index contributed by atoms with van der Waals surface area (Å²) in [5.74, 6) is 2.50. The Balaban J connectivity index is 1.35. The average Bonchev–Trinajstić information content (AvgIpc) is 3.06. The van der Waals surface area contributed by atoms with E-state index in [-0.39, 0.29) is 0 Å². The van der Waals surface area contributed by atoms with Crippen LogP contribution in [0.4, 0.5) is 11.8 Å². The van der Waals surface area contributed by atoms with Gasteiger partial charge in [-0.3, -0.25) is 0 Å². The zero-order valence-electron chi connectivity index (χ0n) is 12.8. The smallest absolute Gasteiger partial charge is 0.297 e. The molecule has 0 radical (unpaired) electrons. The zero-order valence-corrected chi connectivity index (χ0v) is 12.8. The van der Waals surface area contributed by atoms with Crippen LogP contribution in [-0.2, 0) is 0 Å². The highest BCUT2D eigenvalue weighted by Crippen LogP contribution is 2.38. The molecule has 8 heteroatoms. The molecule has 0 N–H and O–H groups in total. The second-order valence-corrected chi connectivity index (χ2v) is 6.28. The van der Waals surface area contributed by atoms with E-state index in [2.05, 4.69) is 25.0 Å². The first-order valence-corrected chi connectivity index (χ1v) is 7.89. The van der Waals surface area contributed by atoms with Crippen molar-refractivity contribution in [2.45, 2.75) is 24.8 Å². The minimum Gasteiger partial charge on any atom is -0.432 e. The first-order chi connectivity index (χ1) is 11.3. The monoisotopic (exact) mass is 311 g/mol. The van der Waals surface area contributed by atoms with Gasteiger partial charge in [-0.1, -0.05) is 0 Å². The summed E-state index contributed by atoms with van der Waals surface area (Å²) in [4.78, 5) is 8.52. The molecule has 0 atom stereocenters. The normalized spacial score (nSPS) is 18.4. The average molecular weight is 311 g/mol. The molecule has 8 nitrogen and oxygen atoms in total. The number of aromatic nitrogens is 5. The van der Waals surface area contributed by atoms with Crippen molar-refractivity contribution in [1.82, 2.24) is 24.8 Å². The molecule has 2 fully saturated rings. The van der Waals surface area contributed by atoms with Crippen LogP contribution in [0.1, 0.15) is 24.6 Å². The fourth-order valence-corrected chi connectivity index (χ4v) is 2.99. The maximum Gasteiger partial charge on any atom is 0.297 e. The maximum atomic E-state index is 5.35. The standard InChI is InChI=1S/C15H17N7O/c1-20(15-16-6-7-23-15)11-8-21(9-11)13-5-4-12-17-18-14(10-2-3-10)22(12)19-13/h4-7,10-11H,2-3,8-9H2,1H3. The number of nitrogens with zero attached hydrogens (tertiary/aromatic N) is 7. The number of rotatable bonds is 4. The van der Waals surface area contributed by atoms with Gasteiger partial charge in [-0.15, -0.1) is 15.3 Å². The molecule has 3 aromatic rings. The van der Waals surface area contributed by atoms with Gasteiger partial charge < -0.3 is 14.2 Å². The Kier molecular flexibility index (Phi) is 2.61. The van der Waals surface area contributed by atoms with Gasteiger partial charge in [-0.2, -0.15) is 4.52 Å². The molecule has 0 amide bonds. The summed E-state index contributed by atoms with van der Waals surface area (Å²) in [6.07, 6.45) is 5.66. The highest BCUT2D eigenvalue weighted by molar-refractivity contribution is 5.49. The molecule has 23 heavy (non-hydrogen) atoms. The van der Waals surface area contributed by atoms with E-state index in [1.807, 2.05) is 23.7 Å². The third-order valence-corrected chi connectivity index (χ3v) is 4.67. The molecule has 1 saturated carbocycles. The molecule has 0 spiro atoms. The topological polar surface area (TPSA) is 75.6 Å². The molecule has 0 bridgehead atoms. The Morgan fingerprint density at radius 3 is 2.83 bits per heavy atom.